The smallest absolute Gasteiger partial charge is 0.348 e. The van der Waals surface area contributed by atoms with Crippen LogP contribution in [0.2, 0.25) is 0 Å². The van der Waals surface area contributed by atoms with E-state index in [2.05, 4.69) is 4.74 Å². The maximum absolute atomic E-state index is 12.8. The van der Waals surface area contributed by atoms with Crippen LogP contribution in [0.5, 0.6) is 23.0 Å². The molecule has 2 aromatic carbocycles. The zero-order valence-corrected chi connectivity index (χ0v) is 18.5. The van der Waals surface area contributed by atoms with Gasteiger partial charge in [0.15, 0.2) is 11.5 Å². The van der Waals surface area contributed by atoms with Crippen LogP contribution in [0, 0.1) is 11.3 Å². The topological polar surface area (TPSA) is 104 Å². The molecule has 0 aliphatic heterocycles. The number of nitriles is 1. The first-order valence-corrected chi connectivity index (χ1v) is 10.1. The lowest BCUT2D eigenvalue weighted by atomic mass is 10.1. The van der Waals surface area contributed by atoms with E-state index >= 15 is 0 Å². The maximum atomic E-state index is 12.8. The molecule has 0 aliphatic rings. The van der Waals surface area contributed by atoms with Gasteiger partial charge in [-0.05, 0) is 56.7 Å². The molecule has 0 aliphatic carbocycles. The summed E-state index contributed by atoms with van der Waals surface area (Å²) in [5.41, 5.74) is 0.535. The van der Waals surface area contributed by atoms with Crippen molar-refractivity contribution in [2.45, 2.75) is 20.8 Å². The minimum atomic E-state index is -0.754. The average molecular weight is 439 g/mol. The first kappa shape index (κ1) is 24.3. The first-order chi connectivity index (χ1) is 15.5. The lowest BCUT2D eigenvalue weighted by Gasteiger charge is -2.16. The molecule has 0 radical (unpaired) electrons. The Morgan fingerprint density at radius 3 is 2.12 bits per heavy atom. The summed E-state index contributed by atoms with van der Waals surface area (Å²) in [7, 11) is 1.19. The summed E-state index contributed by atoms with van der Waals surface area (Å²) < 4.78 is 27.0. The molecular formula is C24H25NO7. The molecule has 2 aromatic rings. The Hall–Kier alpha value is -3.99. The molecule has 0 atom stereocenters. The summed E-state index contributed by atoms with van der Waals surface area (Å²) in [6.07, 6.45) is 1.35. The van der Waals surface area contributed by atoms with Gasteiger partial charge in [0.25, 0.3) is 0 Å². The zero-order chi connectivity index (χ0) is 23.5. The molecule has 0 amide bonds. The van der Waals surface area contributed by atoms with Crippen molar-refractivity contribution in [1.29, 1.82) is 5.26 Å². The molecule has 0 spiro atoms. The summed E-state index contributed by atoms with van der Waals surface area (Å²) in [5, 5.41) is 9.11. The second-order valence-electron chi connectivity index (χ2n) is 6.22. The van der Waals surface area contributed by atoms with E-state index in [0.717, 1.165) is 0 Å². The fraction of sp³-hybridized carbons (Fsp3) is 0.292. The highest BCUT2D eigenvalue weighted by molar-refractivity contribution is 5.98. The highest BCUT2D eigenvalue weighted by Gasteiger charge is 2.20. The van der Waals surface area contributed by atoms with Crippen LogP contribution in [0.3, 0.4) is 0 Å². The fourth-order valence-electron chi connectivity index (χ4n) is 2.75. The quantitative estimate of drug-likeness (QED) is 0.235. The van der Waals surface area contributed by atoms with Crippen LogP contribution in [0.15, 0.2) is 42.0 Å². The lowest BCUT2D eigenvalue weighted by molar-refractivity contribution is -0.135. The van der Waals surface area contributed by atoms with E-state index in [1.54, 1.807) is 24.3 Å². The molecule has 0 bridgehead atoms. The van der Waals surface area contributed by atoms with Gasteiger partial charge in [0.1, 0.15) is 17.4 Å². The van der Waals surface area contributed by atoms with Crippen molar-refractivity contribution in [3.63, 3.8) is 0 Å². The van der Waals surface area contributed by atoms with Gasteiger partial charge in [-0.25, -0.2) is 9.59 Å². The number of carbonyl (C=O) groups excluding carboxylic acids is 2. The number of rotatable bonds is 10. The third-order valence-corrected chi connectivity index (χ3v) is 4.05. The molecule has 0 fully saturated rings. The van der Waals surface area contributed by atoms with Crippen molar-refractivity contribution in [3.05, 3.63) is 53.1 Å². The van der Waals surface area contributed by atoms with Crippen LogP contribution < -0.4 is 18.9 Å². The van der Waals surface area contributed by atoms with E-state index < -0.39 is 11.9 Å². The Morgan fingerprint density at radius 2 is 1.59 bits per heavy atom. The van der Waals surface area contributed by atoms with E-state index in [-0.39, 0.29) is 16.9 Å². The molecule has 0 saturated carbocycles. The maximum Gasteiger partial charge on any atom is 0.348 e. The monoisotopic (exact) mass is 439 g/mol. The SMILES string of the molecule is CCOc1cc(C(=O)Oc2cccc(/C=C(\C#N)C(=O)OC)c2)cc(OCC)c1OCC. The van der Waals surface area contributed by atoms with Crippen molar-refractivity contribution in [2.24, 2.45) is 0 Å². The number of nitrogens with zero attached hydrogens (tertiary/aromatic N) is 1. The van der Waals surface area contributed by atoms with Gasteiger partial charge in [0.2, 0.25) is 5.75 Å². The van der Waals surface area contributed by atoms with Gasteiger partial charge in [-0.3, -0.25) is 0 Å². The van der Waals surface area contributed by atoms with Crippen LogP contribution in [-0.2, 0) is 9.53 Å². The van der Waals surface area contributed by atoms with Crippen molar-refractivity contribution in [2.75, 3.05) is 26.9 Å². The number of benzene rings is 2. The molecule has 0 heterocycles. The van der Waals surface area contributed by atoms with Gasteiger partial charge in [0.05, 0.1) is 32.5 Å². The zero-order valence-electron chi connectivity index (χ0n) is 18.5. The van der Waals surface area contributed by atoms with E-state index in [0.29, 0.717) is 42.6 Å². The van der Waals surface area contributed by atoms with Crippen LogP contribution in [0.4, 0.5) is 0 Å². The highest BCUT2D eigenvalue weighted by atomic mass is 16.5. The van der Waals surface area contributed by atoms with Crippen LogP contribution in [-0.4, -0.2) is 38.9 Å². The fourth-order valence-corrected chi connectivity index (χ4v) is 2.75. The van der Waals surface area contributed by atoms with Gasteiger partial charge in [-0.1, -0.05) is 12.1 Å². The van der Waals surface area contributed by atoms with E-state index in [1.807, 2.05) is 20.8 Å². The summed E-state index contributed by atoms with van der Waals surface area (Å²) >= 11 is 0. The molecule has 8 heteroatoms. The molecule has 0 saturated heterocycles. The largest absolute Gasteiger partial charge is 0.490 e. The van der Waals surface area contributed by atoms with Crippen molar-refractivity contribution < 1.29 is 33.3 Å². The number of esters is 2. The third kappa shape index (κ3) is 6.25. The van der Waals surface area contributed by atoms with Gasteiger partial charge >= 0.3 is 11.9 Å². The van der Waals surface area contributed by atoms with Crippen LogP contribution >= 0.6 is 0 Å². The van der Waals surface area contributed by atoms with E-state index in [1.165, 1.54) is 31.4 Å². The molecular weight excluding hydrogens is 414 g/mol. The van der Waals surface area contributed by atoms with Crippen LogP contribution in [0.1, 0.15) is 36.7 Å². The van der Waals surface area contributed by atoms with Gasteiger partial charge < -0.3 is 23.7 Å². The van der Waals surface area contributed by atoms with E-state index in [4.69, 9.17) is 24.2 Å². The summed E-state index contributed by atoms with van der Waals surface area (Å²) in [5.74, 6) is 0.0181. The number of hydrogen-bond donors (Lipinski definition) is 0. The molecule has 8 nitrogen and oxygen atoms in total. The second-order valence-corrected chi connectivity index (χ2v) is 6.22. The van der Waals surface area contributed by atoms with Gasteiger partial charge in [-0.2, -0.15) is 5.26 Å². The summed E-state index contributed by atoms with van der Waals surface area (Å²) in [6.45, 7) is 6.64. The van der Waals surface area contributed by atoms with Crippen LogP contribution in [0.25, 0.3) is 6.08 Å². The van der Waals surface area contributed by atoms with Gasteiger partial charge in [0, 0.05) is 0 Å². The van der Waals surface area contributed by atoms with Crippen molar-refractivity contribution in [3.8, 4) is 29.1 Å². The highest BCUT2D eigenvalue weighted by Crippen LogP contribution is 2.39. The number of carbonyl (C=O) groups is 2. The second kappa shape index (κ2) is 12.0. The first-order valence-electron chi connectivity index (χ1n) is 10.1. The standard InChI is InChI=1S/C24H25NO7/c1-5-29-20-13-17(14-21(30-6-2)22(20)31-7-3)24(27)32-19-10-8-9-16(12-19)11-18(15-25)23(26)28-4/h8-14H,5-7H2,1-4H3/b18-11+. The molecule has 0 N–H and O–H groups in total. The minimum Gasteiger partial charge on any atom is -0.490 e. The summed E-state index contributed by atoms with van der Waals surface area (Å²) in [6, 6.07) is 11.3. The molecule has 0 aromatic heterocycles. The lowest BCUT2D eigenvalue weighted by Crippen LogP contribution is -2.11. The number of ether oxygens (including phenoxy) is 5. The Morgan fingerprint density at radius 1 is 0.969 bits per heavy atom. The molecule has 0 unspecified atom stereocenters. The Bertz CT molecular complexity index is 1010. The summed E-state index contributed by atoms with van der Waals surface area (Å²) in [4.78, 5) is 24.4. The predicted octanol–water partition coefficient (Wildman–Crippen LogP) is 4.18. The number of methoxy groups -OCH3 is 1. The third-order valence-electron chi connectivity index (χ3n) is 4.05. The Kier molecular flexibility index (Phi) is 9.11. The van der Waals surface area contributed by atoms with Crippen molar-refractivity contribution in [1.82, 2.24) is 0 Å². The van der Waals surface area contributed by atoms with Gasteiger partial charge in [-0.15, -0.1) is 0 Å². The normalized spacial score (nSPS) is 10.7. The Labute approximate surface area is 186 Å². The number of hydrogen-bond acceptors (Lipinski definition) is 8. The Balaban J connectivity index is 2.35. The molecule has 168 valence electrons. The van der Waals surface area contributed by atoms with Crippen molar-refractivity contribution >= 4 is 18.0 Å². The predicted molar refractivity (Wildman–Crippen MR) is 117 cm³/mol. The average Bonchev–Trinajstić information content (AvgIpc) is 2.79. The van der Waals surface area contributed by atoms with E-state index in [9.17, 15) is 9.59 Å². The molecule has 2 rings (SSSR count). The minimum absolute atomic E-state index is 0.176. The molecule has 32 heavy (non-hydrogen) atoms.